The van der Waals surface area contributed by atoms with Crippen LogP contribution in [0, 0.1) is 0 Å². The molecule has 3 rings (SSSR count). The van der Waals surface area contributed by atoms with E-state index < -0.39 is 0 Å². The van der Waals surface area contributed by atoms with Crippen LogP contribution in [0.15, 0.2) is 24.5 Å². The molecule has 1 aromatic heterocycles. The smallest absolute Gasteiger partial charge is 0.236 e. The number of carbonyl (C=O) groups excluding carboxylic acids is 1. The molecule has 1 aliphatic rings. The first-order valence-electron chi connectivity index (χ1n) is 7.32. The molecule has 0 saturated carbocycles. The van der Waals surface area contributed by atoms with E-state index >= 15 is 0 Å². The van der Waals surface area contributed by atoms with Crippen LogP contribution >= 0.6 is 0 Å². The molecule has 0 radical (unpaired) electrons. The van der Waals surface area contributed by atoms with Crippen LogP contribution in [0.1, 0.15) is 12.8 Å². The predicted molar refractivity (Wildman–Crippen MR) is 83.2 cm³/mol. The van der Waals surface area contributed by atoms with Gasteiger partial charge in [0.05, 0.1) is 23.5 Å². The van der Waals surface area contributed by atoms with Gasteiger partial charge in [-0.25, -0.2) is 9.97 Å². The van der Waals surface area contributed by atoms with Crippen LogP contribution in [0.25, 0.3) is 10.9 Å². The van der Waals surface area contributed by atoms with Crippen molar-refractivity contribution in [2.24, 2.45) is 5.73 Å². The zero-order valence-electron chi connectivity index (χ0n) is 12.2. The maximum absolute atomic E-state index is 11.8. The number of carbonyl (C=O) groups is 1. The van der Waals surface area contributed by atoms with Crippen LogP contribution in [0.2, 0.25) is 0 Å². The monoisotopic (exact) mass is 301 g/mol. The van der Waals surface area contributed by atoms with Crippen LogP contribution in [-0.2, 0) is 4.79 Å². The van der Waals surface area contributed by atoms with E-state index in [0.29, 0.717) is 23.6 Å². The van der Waals surface area contributed by atoms with E-state index in [4.69, 9.17) is 16.2 Å². The van der Waals surface area contributed by atoms with Crippen molar-refractivity contribution in [2.75, 3.05) is 25.4 Å². The molecule has 0 spiro atoms. The van der Waals surface area contributed by atoms with E-state index in [1.807, 2.05) is 18.2 Å². The number of likely N-dealkylation sites (tertiary alicyclic amines) is 1. The van der Waals surface area contributed by atoms with Gasteiger partial charge in [0.2, 0.25) is 5.91 Å². The van der Waals surface area contributed by atoms with Gasteiger partial charge in [-0.3, -0.25) is 4.79 Å². The first kappa shape index (κ1) is 14.5. The lowest BCUT2D eigenvalue weighted by Gasteiger charge is -2.24. The van der Waals surface area contributed by atoms with Crippen LogP contribution in [-0.4, -0.2) is 46.5 Å². The van der Waals surface area contributed by atoms with Gasteiger partial charge in [0.1, 0.15) is 24.5 Å². The first-order valence-corrected chi connectivity index (χ1v) is 7.32. The van der Waals surface area contributed by atoms with Crippen molar-refractivity contribution in [3.63, 3.8) is 0 Å². The van der Waals surface area contributed by atoms with Gasteiger partial charge in [0, 0.05) is 6.54 Å². The Kier molecular flexibility index (Phi) is 4.06. The molecular formula is C15H19N5O2. The minimum atomic E-state index is -0.0353. The van der Waals surface area contributed by atoms with E-state index in [9.17, 15) is 4.79 Å². The van der Waals surface area contributed by atoms with Gasteiger partial charge < -0.3 is 21.1 Å². The minimum absolute atomic E-state index is 0.0333. The van der Waals surface area contributed by atoms with Gasteiger partial charge >= 0.3 is 0 Å². The van der Waals surface area contributed by atoms with E-state index in [0.717, 1.165) is 24.9 Å². The summed E-state index contributed by atoms with van der Waals surface area (Å²) in [7, 11) is 0. The van der Waals surface area contributed by atoms with Crippen molar-refractivity contribution >= 4 is 22.6 Å². The van der Waals surface area contributed by atoms with Gasteiger partial charge in [-0.2, -0.15) is 0 Å². The number of rotatable bonds is 4. The van der Waals surface area contributed by atoms with Gasteiger partial charge in [0.15, 0.2) is 0 Å². The standard InChI is InChI=1S/C15H19N5O2/c16-7-13(21)20-6-2-3-10(20)8-22-12-5-1-4-11-14(12)15(17)19-9-18-11/h1,4-5,9-10H,2-3,6-8,16H2,(H2,17,18,19)/t10-/m1/s1. The Bertz CT molecular complexity index is 685. The van der Waals surface area contributed by atoms with E-state index in [-0.39, 0.29) is 18.5 Å². The van der Waals surface area contributed by atoms with Crippen molar-refractivity contribution in [3.05, 3.63) is 24.5 Å². The second kappa shape index (κ2) is 6.15. The number of nitrogens with two attached hydrogens (primary N) is 2. The Hall–Kier alpha value is -2.41. The molecule has 7 nitrogen and oxygen atoms in total. The number of hydrogen-bond acceptors (Lipinski definition) is 6. The third-order valence-corrected chi connectivity index (χ3v) is 3.96. The Balaban J connectivity index is 1.78. The molecule has 1 amide bonds. The van der Waals surface area contributed by atoms with Crippen molar-refractivity contribution in [1.82, 2.24) is 14.9 Å². The molecule has 0 unspecified atom stereocenters. The van der Waals surface area contributed by atoms with Crippen LogP contribution < -0.4 is 16.2 Å². The molecule has 2 heterocycles. The highest BCUT2D eigenvalue weighted by Gasteiger charge is 2.28. The van der Waals surface area contributed by atoms with Crippen LogP contribution in [0.4, 0.5) is 5.82 Å². The highest BCUT2D eigenvalue weighted by atomic mass is 16.5. The van der Waals surface area contributed by atoms with Gasteiger partial charge in [0.25, 0.3) is 0 Å². The summed E-state index contributed by atoms with van der Waals surface area (Å²) in [5.74, 6) is 0.997. The van der Waals surface area contributed by atoms with Crippen molar-refractivity contribution in [1.29, 1.82) is 0 Å². The minimum Gasteiger partial charge on any atom is -0.491 e. The maximum atomic E-state index is 11.8. The van der Waals surface area contributed by atoms with Crippen molar-refractivity contribution in [2.45, 2.75) is 18.9 Å². The largest absolute Gasteiger partial charge is 0.491 e. The summed E-state index contributed by atoms with van der Waals surface area (Å²) in [6, 6.07) is 5.62. The number of fused-ring (bicyclic) bond motifs is 1. The third-order valence-electron chi connectivity index (χ3n) is 3.96. The first-order chi connectivity index (χ1) is 10.7. The second-order valence-electron chi connectivity index (χ2n) is 5.31. The Morgan fingerprint density at radius 3 is 3.09 bits per heavy atom. The number of nitrogens with zero attached hydrogens (tertiary/aromatic N) is 3. The number of anilines is 1. The fraction of sp³-hybridized carbons (Fsp3) is 0.400. The van der Waals surface area contributed by atoms with E-state index in [1.165, 1.54) is 6.33 Å². The van der Waals surface area contributed by atoms with Crippen LogP contribution in [0.5, 0.6) is 5.75 Å². The predicted octanol–water partition coefficient (Wildman–Crippen LogP) is 0.541. The summed E-state index contributed by atoms with van der Waals surface area (Å²) in [5, 5.41) is 0.708. The maximum Gasteiger partial charge on any atom is 0.236 e. The number of benzene rings is 1. The average Bonchev–Trinajstić information content (AvgIpc) is 3.00. The van der Waals surface area contributed by atoms with Gasteiger partial charge in [-0.15, -0.1) is 0 Å². The molecule has 1 atom stereocenters. The molecule has 0 bridgehead atoms. The summed E-state index contributed by atoms with van der Waals surface area (Å²) < 4.78 is 5.91. The summed E-state index contributed by atoms with van der Waals surface area (Å²) in [6.07, 6.45) is 3.32. The Labute approximate surface area is 128 Å². The number of aromatic nitrogens is 2. The molecule has 7 heteroatoms. The zero-order valence-corrected chi connectivity index (χ0v) is 12.2. The second-order valence-corrected chi connectivity index (χ2v) is 5.31. The molecule has 22 heavy (non-hydrogen) atoms. The van der Waals surface area contributed by atoms with Crippen LogP contribution in [0.3, 0.4) is 0 Å². The quantitative estimate of drug-likeness (QED) is 0.853. The molecular weight excluding hydrogens is 282 g/mol. The van der Waals surface area contributed by atoms with Crippen molar-refractivity contribution in [3.8, 4) is 5.75 Å². The number of hydrogen-bond donors (Lipinski definition) is 2. The molecule has 2 aromatic rings. The average molecular weight is 301 g/mol. The zero-order chi connectivity index (χ0) is 15.5. The molecule has 0 aliphatic carbocycles. The lowest BCUT2D eigenvalue weighted by Crippen LogP contribution is -2.42. The highest BCUT2D eigenvalue weighted by molar-refractivity contribution is 5.93. The lowest BCUT2D eigenvalue weighted by atomic mass is 10.2. The highest BCUT2D eigenvalue weighted by Crippen LogP contribution is 2.28. The van der Waals surface area contributed by atoms with Crippen molar-refractivity contribution < 1.29 is 9.53 Å². The lowest BCUT2D eigenvalue weighted by molar-refractivity contribution is -0.130. The fourth-order valence-corrected chi connectivity index (χ4v) is 2.86. The normalized spacial score (nSPS) is 17.9. The summed E-state index contributed by atoms with van der Waals surface area (Å²) >= 11 is 0. The Morgan fingerprint density at radius 2 is 2.27 bits per heavy atom. The van der Waals surface area contributed by atoms with E-state index in [1.54, 1.807) is 4.90 Å². The number of nitrogen functional groups attached to an aromatic ring is 1. The fourth-order valence-electron chi connectivity index (χ4n) is 2.86. The summed E-state index contributed by atoms with van der Waals surface area (Å²) in [5.41, 5.74) is 12.1. The topological polar surface area (TPSA) is 107 Å². The summed E-state index contributed by atoms with van der Waals surface area (Å²) in [6.45, 7) is 1.19. The summed E-state index contributed by atoms with van der Waals surface area (Å²) in [4.78, 5) is 21.8. The number of amides is 1. The molecule has 1 fully saturated rings. The van der Waals surface area contributed by atoms with Gasteiger partial charge in [-0.05, 0) is 25.0 Å². The molecule has 1 aliphatic heterocycles. The molecule has 1 saturated heterocycles. The molecule has 4 N–H and O–H groups in total. The third kappa shape index (κ3) is 2.67. The Morgan fingerprint density at radius 1 is 1.41 bits per heavy atom. The van der Waals surface area contributed by atoms with E-state index in [2.05, 4.69) is 9.97 Å². The number of ether oxygens (including phenoxy) is 1. The molecule has 116 valence electrons. The van der Waals surface area contributed by atoms with Gasteiger partial charge in [-0.1, -0.05) is 6.07 Å². The SMILES string of the molecule is NCC(=O)N1CCC[C@@H]1COc1cccc2ncnc(N)c12. The molecule has 1 aromatic carbocycles.